The first-order valence-corrected chi connectivity index (χ1v) is 8.88. The van der Waals surface area contributed by atoms with Gasteiger partial charge in [0, 0.05) is 10.5 Å². The van der Waals surface area contributed by atoms with E-state index in [2.05, 4.69) is 31.2 Å². The average molecular weight is 347 g/mol. The summed E-state index contributed by atoms with van der Waals surface area (Å²) in [4.78, 5) is 5.75. The predicted octanol–water partition coefficient (Wildman–Crippen LogP) is 6.56. The Bertz CT molecular complexity index is 866. The minimum Gasteiger partial charge on any atom is -0.248 e. The summed E-state index contributed by atoms with van der Waals surface area (Å²) in [5, 5.41) is 1.98. The molecule has 0 aromatic heterocycles. The lowest BCUT2D eigenvalue weighted by atomic mass is 10.1. The first kappa shape index (κ1) is 17.2. The number of hydrogen-bond acceptors (Lipinski definition) is 2. The van der Waals surface area contributed by atoms with Gasteiger partial charge in [0.15, 0.2) is 0 Å². The smallest absolute Gasteiger partial charge is 0.123 e. The standard InChI is InChI=1S/C22H18FNS/c1-17-7-9-18(10-8-17)22(24-20-5-3-2-4-6-20)15-16-25-21-13-11-19(23)12-14-21/h2-16H,1H3. The van der Waals surface area contributed by atoms with Gasteiger partial charge in [-0.05, 0) is 54.8 Å². The molecular weight excluding hydrogens is 329 g/mol. The van der Waals surface area contributed by atoms with Crippen molar-refractivity contribution < 1.29 is 4.39 Å². The third-order valence-corrected chi connectivity index (χ3v) is 4.41. The van der Waals surface area contributed by atoms with Crippen molar-refractivity contribution in [1.82, 2.24) is 0 Å². The quantitative estimate of drug-likeness (QED) is 0.376. The van der Waals surface area contributed by atoms with Gasteiger partial charge in [-0.1, -0.05) is 59.8 Å². The van der Waals surface area contributed by atoms with Crippen LogP contribution in [0.25, 0.3) is 0 Å². The lowest BCUT2D eigenvalue weighted by Gasteiger charge is -2.04. The zero-order valence-electron chi connectivity index (χ0n) is 13.9. The second kappa shape index (κ2) is 8.45. The fraction of sp³-hybridized carbons (Fsp3) is 0.0455. The van der Waals surface area contributed by atoms with Gasteiger partial charge in [-0.2, -0.15) is 0 Å². The van der Waals surface area contributed by atoms with E-state index in [9.17, 15) is 4.39 Å². The van der Waals surface area contributed by atoms with Gasteiger partial charge in [0.25, 0.3) is 0 Å². The SMILES string of the molecule is Cc1ccc(C(C=CSc2ccc(F)cc2)=Nc2ccccc2)cc1. The van der Waals surface area contributed by atoms with Gasteiger partial charge in [-0.3, -0.25) is 0 Å². The van der Waals surface area contributed by atoms with Crippen LogP contribution in [0, 0.1) is 12.7 Å². The molecule has 0 N–H and O–H groups in total. The molecule has 0 spiro atoms. The summed E-state index contributed by atoms with van der Waals surface area (Å²) in [5.41, 5.74) is 4.08. The molecule has 0 atom stereocenters. The molecule has 0 saturated carbocycles. The number of benzene rings is 3. The van der Waals surface area contributed by atoms with Crippen LogP contribution in [0.15, 0.2) is 100 Å². The largest absolute Gasteiger partial charge is 0.248 e. The van der Waals surface area contributed by atoms with Crippen LogP contribution in [0.5, 0.6) is 0 Å². The van der Waals surface area contributed by atoms with E-state index >= 15 is 0 Å². The average Bonchev–Trinajstić information content (AvgIpc) is 2.64. The fourth-order valence-corrected chi connectivity index (χ4v) is 2.90. The Hall–Kier alpha value is -2.65. The predicted molar refractivity (Wildman–Crippen MR) is 105 cm³/mol. The zero-order valence-corrected chi connectivity index (χ0v) is 14.7. The fourth-order valence-electron chi connectivity index (χ4n) is 2.25. The summed E-state index contributed by atoms with van der Waals surface area (Å²) in [7, 11) is 0. The lowest BCUT2D eigenvalue weighted by molar-refractivity contribution is 0.626. The molecule has 0 unspecified atom stereocenters. The molecule has 0 amide bonds. The molecule has 3 aromatic rings. The summed E-state index contributed by atoms with van der Waals surface area (Å²) in [6.07, 6.45) is 1.99. The number of thioether (sulfide) groups is 1. The third kappa shape index (κ3) is 5.16. The Morgan fingerprint density at radius 3 is 2.24 bits per heavy atom. The molecule has 0 heterocycles. The van der Waals surface area contributed by atoms with E-state index in [-0.39, 0.29) is 5.82 Å². The van der Waals surface area contributed by atoms with Gasteiger partial charge in [0.05, 0.1) is 11.4 Å². The summed E-state index contributed by atoms with van der Waals surface area (Å²) >= 11 is 1.54. The highest BCUT2D eigenvalue weighted by Gasteiger charge is 2.01. The van der Waals surface area contributed by atoms with Crippen molar-refractivity contribution in [3.05, 3.63) is 107 Å². The van der Waals surface area contributed by atoms with Crippen molar-refractivity contribution in [2.45, 2.75) is 11.8 Å². The zero-order chi connectivity index (χ0) is 17.5. The first-order valence-electron chi connectivity index (χ1n) is 8.00. The van der Waals surface area contributed by atoms with E-state index in [0.29, 0.717) is 0 Å². The van der Waals surface area contributed by atoms with Gasteiger partial charge in [0.2, 0.25) is 0 Å². The monoisotopic (exact) mass is 347 g/mol. The molecular formula is C22H18FNS. The van der Waals surface area contributed by atoms with Crippen LogP contribution < -0.4 is 0 Å². The molecule has 0 bridgehead atoms. The second-order valence-electron chi connectivity index (χ2n) is 5.57. The van der Waals surface area contributed by atoms with Crippen LogP contribution in [-0.2, 0) is 0 Å². The first-order chi connectivity index (χ1) is 12.2. The lowest BCUT2D eigenvalue weighted by Crippen LogP contribution is -1.96. The number of halogens is 1. The topological polar surface area (TPSA) is 12.4 Å². The van der Waals surface area contributed by atoms with Crippen molar-refractivity contribution in [1.29, 1.82) is 0 Å². The number of hydrogen-bond donors (Lipinski definition) is 0. The Kier molecular flexibility index (Phi) is 5.81. The highest BCUT2D eigenvalue weighted by Crippen LogP contribution is 2.21. The molecule has 3 rings (SSSR count). The van der Waals surface area contributed by atoms with E-state index in [1.165, 1.54) is 29.5 Å². The van der Waals surface area contributed by atoms with E-state index < -0.39 is 0 Å². The van der Waals surface area contributed by atoms with Gasteiger partial charge in [-0.25, -0.2) is 9.38 Å². The molecule has 0 saturated heterocycles. The summed E-state index contributed by atoms with van der Waals surface area (Å²) in [5.74, 6) is -0.223. The maximum absolute atomic E-state index is 13.0. The van der Waals surface area contributed by atoms with Crippen molar-refractivity contribution in [3.63, 3.8) is 0 Å². The maximum Gasteiger partial charge on any atom is 0.123 e. The summed E-state index contributed by atoms with van der Waals surface area (Å²) in [6, 6.07) is 24.7. The van der Waals surface area contributed by atoms with Crippen LogP contribution in [0.3, 0.4) is 0 Å². The second-order valence-corrected chi connectivity index (χ2v) is 6.55. The highest BCUT2D eigenvalue weighted by molar-refractivity contribution is 8.02. The van der Waals surface area contributed by atoms with Gasteiger partial charge < -0.3 is 0 Å². The Balaban J connectivity index is 1.85. The minimum absolute atomic E-state index is 0.223. The number of nitrogens with zero attached hydrogens (tertiary/aromatic N) is 1. The van der Waals surface area contributed by atoms with E-state index in [0.717, 1.165) is 21.9 Å². The molecule has 1 nitrogen and oxygen atoms in total. The summed E-state index contributed by atoms with van der Waals surface area (Å²) in [6.45, 7) is 2.07. The van der Waals surface area contributed by atoms with Crippen molar-refractivity contribution in [2.75, 3.05) is 0 Å². The highest BCUT2D eigenvalue weighted by atomic mass is 32.2. The van der Waals surface area contributed by atoms with Crippen LogP contribution in [0.2, 0.25) is 0 Å². The number of aliphatic imine (C=N–C) groups is 1. The molecule has 124 valence electrons. The van der Waals surface area contributed by atoms with Crippen LogP contribution >= 0.6 is 11.8 Å². The molecule has 25 heavy (non-hydrogen) atoms. The molecule has 3 heteroatoms. The number of rotatable bonds is 5. The molecule has 0 aliphatic rings. The van der Waals surface area contributed by atoms with Crippen LogP contribution in [0.4, 0.5) is 10.1 Å². The van der Waals surface area contributed by atoms with Gasteiger partial charge >= 0.3 is 0 Å². The number of allylic oxidation sites excluding steroid dienone is 1. The van der Waals surface area contributed by atoms with Crippen molar-refractivity contribution >= 4 is 23.2 Å². The van der Waals surface area contributed by atoms with Crippen LogP contribution in [0.1, 0.15) is 11.1 Å². The summed E-state index contributed by atoms with van der Waals surface area (Å²) < 4.78 is 13.0. The Morgan fingerprint density at radius 2 is 1.56 bits per heavy atom. The third-order valence-electron chi connectivity index (χ3n) is 3.60. The van der Waals surface area contributed by atoms with E-state index in [1.807, 2.05) is 41.8 Å². The number of aryl methyl sites for hydroxylation is 1. The number of para-hydroxylation sites is 1. The Morgan fingerprint density at radius 1 is 0.880 bits per heavy atom. The minimum atomic E-state index is -0.223. The van der Waals surface area contributed by atoms with Crippen LogP contribution in [-0.4, -0.2) is 5.71 Å². The van der Waals surface area contributed by atoms with Gasteiger partial charge in [0.1, 0.15) is 5.82 Å². The van der Waals surface area contributed by atoms with Crippen molar-refractivity contribution in [2.24, 2.45) is 4.99 Å². The molecule has 0 radical (unpaired) electrons. The molecule has 0 aliphatic heterocycles. The van der Waals surface area contributed by atoms with E-state index in [4.69, 9.17) is 4.99 Å². The Labute approximate surface area is 151 Å². The maximum atomic E-state index is 13.0. The molecule has 0 fully saturated rings. The molecule has 0 aliphatic carbocycles. The normalized spacial score (nSPS) is 11.8. The van der Waals surface area contributed by atoms with E-state index in [1.54, 1.807) is 12.1 Å². The molecule has 3 aromatic carbocycles. The van der Waals surface area contributed by atoms with Crippen molar-refractivity contribution in [3.8, 4) is 0 Å². The van der Waals surface area contributed by atoms with Gasteiger partial charge in [-0.15, -0.1) is 0 Å².